The molecular weight excluding hydrogens is 129 g/mol. The predicted molar refractivity (Wildman–Crippen MR) is 50.1 cm³/mol. The van der Waals surface area contributed by atoms with Gasteiger partial charge in [-0.25, -0.2) is 0 Å². The molecule has 0 spiro atoms. The van der Waals surface area contributed by atoms with Crippen LogP contribution in [0.3, 0.4) is 0 Å². The Balaban J connectivity index is 2.21. The van der Waals surface area contributed by atoms with E-state index >= 15 is 0 Å². The predicted octanol–water partition coefficient (Wildman–Crippen LogP) is 1.84. The van der Waals surface area contributed by atoms with Crippen molar-refractivity contribution in [1.29, 1.82) is 0 Å². The maximum absolute atomic E-state index is 2.65. The monoisotopic (exact) mass is 147 g/mol. The van der Waals surface area contributed by atoms with Crippen molar-refractivity contribution in [2.75, 3.05) is 13.1 Å². The molecule has 0 aromatic carbocycles. The molecule has 0 aromatic rings. The summed E-state index contributed by atoms with van der Waals surface area (Å²) in [6.07, 6.45) is 5.68. The van der Waals surface area contributed by atoms with Gasteiger partial charge in [-0.3, -0.25) is 0 Å². The van der Waals surface area contributed by atoms with Gasteiger partial charge in [-0.15, -0.1) is 0 Å². The van der Waals surface area contributed by atoms with Gasteiger partial charge in [0.15, 0.2) is 0 Å². The van der Waals surface area contributed by atoms with Crippen LogP contribution in [-0.4, -0.2) is 41.7 Å². The van der Waals surface area contributed by atoms with Crippen molar-refractivity contribution in [1.82, 2.24) is 4.90 Å². The van der Waals surface area contributed by atoms with Gasteiger partial charge in [-0.2, -0.15) is 0 Å². The minimum absolute atomic E-state index is 0.834. The van der Waals surface area contributed by atoms with Gasteiger partial charge >= 0.3 is 79.4 Å². The second kappa shape index (κ2) is 5.25. The van der Waals surface area contributed by atoms with Crippen molar-refractivity contribution in [2.24, 2.45) is 0 Å². The summed E-state index contributed by atoms with van der Waals surface area (Å²) in [7, 11) is 0. The third kappa shape index (κ3) is 3.19. The van der Waals surface area contributed by atoms with E-state index in [1.165, 1.54) is 43.9 Å². The van der Waals surface area contributed by atoms with E-state index in [-0.39, 0.29) is 0 Å². The number of likely N-dealkylation sites (tertiary alicyclic amines) is 1. The first kappa shape index (κ1) is 9.64. The number of piperidine rings is 1. The molecule has 0 radical (unpaired) electrons. The van der Waals surface area contributed by atoms with E-state index in [0.29, 0.717) is 0 Å². The molecule has 1 aliphatic rings. The van der Waals surface area contributed by atoms with Crippen molar-refractivity contribution in [3.63, 3.8) is 0 Å². The molecule has 1 nitrogen and oxygen atoms in total. The quantitative estimate of drug-likeness (QED) is 0.550. The Morgan fingerprint density at radius 1 is 1.27 bits per heavy atom. The molecule has 60 valence electrons. The third-order valence-electron chi connectivity index (χ3n) is 2.72. The molecule has 0 aromatic heterocycles. The molecule has 0 saturated carbocycles. The molecule has 1 saturated heterocycles. The fraction of sp³-hybridized carbons (Fsp3) is 1.00. The summed E-state index contributed by atoms with van der Waals surface area (Å²) in [6, 6.07) is 0.834. The maximum atomic E-state index is 2.65. The van der Waals surface area contributed by atoms with Crippen LogP contribution >= 0.6 is 0 Å². The molecule has 1 heterocycles. The summed E-state index contributed by atoms with van der Waals surface area (Å²) in [6.45, 7) is 5.07. The average molecular weight is 147 g/mol. The molecule has 1 unspecified atom stereocenters. The van der Waals surface area contributed by atoms with Crippen molar-refractivity contribution < 1.29 is 0 Å². The van der Waals surface area contributed by atoms with Gasteiger partial charge in [0.05, 0.1) is 0 Å². The SMILES string of the molecule is [Li][CH2]CC(C)N1CCCCC1. The van der Waals surface area contributed by atoms with Gasteiger partial charge in [0.25, 0.3) is 0 Å². The van der Waals surface area contributed by atoms with Gasteiger partial charge < -0.3 is 0 Å². The molecule has 1 atom stereocenters. The van der Waals surface area contributed by atoms with Crippen molar-refractivity contribution >= 4 is 17.7 Å². The van der Waals surface area contributed by atoms with Crippen LogP contribution in [0.5, 0.6) is 0 Å². The molecule has 0 aliphatic carbocycles. The van der Waals surface area contributed by atoms with E-state index in [1.807, 2.05) is 0 Å². The fourth-order valence-corrected chi connectivity index (χ4v) is 1.96. The molecular formula is C9H18LiN. The van der Waals surface area contributed by atoms with Crippen LogP contribution in [0.2, 0.25) is 5.09 Å². The molecule has 11 heavy (non-hydrogen) atoms. The van der Waals surface area contributed by atoms with Crippen molar-refractivity contribution in [2.45, 2.75) is 43.7 Å². The Morgan fingerprint density at radius 2 is 1.91 bits per heavy atom. The van der Waals surface area contributed by atoms with Crippen LogP contribution in [0.25, 0.3) is 0 Å². The Morgan fingerprint density at radius 3 is 2.45 bits per heavy atom. The van der Waals surface area contributed by atoms with Crippen molar-refractivity contribution in [3.8, 4) is 0 Å². The zero-order chi connectivity index (χ0) is 8.10. The van der Waals surface area contributed by atoms with Gasteiger partial charge in [-0.1, -0.05) is 0 Å². The van der Waals surface area contributed by atoms with Gasteiger partial charge in [0.1, 0.15) is 0 Å². The first-order chi connectivity index (χ1) is 5.34. The van der Waals surface area contributed by atoms with Crippen LogP contribution in [0, 0.1) is 0 Å². The summed E-state index contributed by atoms with van der Waals surface area (Å²) >= 11 is 2.28. The van der Waals surface area contributed by atoms with Crippen LogP contribution in [0.4, 0.5) is 0 Å². The Hall–Kier alpha value is 0.557. The van der Waals surface area contributed by atoms with Crippen LogP contribution < -0.4 is 0 Å². The summed E-state index contributed by atoms with van der Waals surface area (Å²) in [5.41, 5.74) is 0. The summed E-state index contributed by atoms with van der Waals surface area (Å²) in [5, 5.41) is 1.33. The first-order valence-electron chi connectivity index (χ1n) is 5.08. The molecule has 0 N–H and O–H groups in total. The Bertz CT molecular complexity index is 99.7. The van der Waals surface area contributed by atoms with Crippen LogP contribution in [0.15, 0.2) is 0 Å². The third-order valence-corrected chi connectivity index (χ3v) is 2.72. The zero-order valence-electron chi connectivity index (χ0n) is 7.97. The average Bonchev–Trinajstić information content (AvgIpc) is 2.07. The van der Waals surface area contributed by atoms with Gasteiger partial charge in [-0.05, 0) is 0 Å². The van der Waals surface area contributed by atoms with Crippen LogP contribution in [-0.2, 0) is 0 Å². The van der Waals surface area contributed by atoms with Gasteiger partial charge in [0.2, 0.25) is 0 Å². The zero-order valence-corrected chi connectivity index (χ0v) is 7.97. The van der Waals surface area contributed by atoms with Crippen molar-refractivity contribution in [3.05, 3.63) is 0 Å². The van der Waals surface area contributed by atoms with E-state index in [2.05, 4.69) is 29.5 Å². The molecule has 1 fully saturated rings. The number of rotatable bonds is 3. The molecule has 0 bridgehead atoms. The van der Waals surface area contributed by atoms with E-state index in [4.69, 9.17) is 0 Å². The van der Waals surface area contributed by atoms with E-state index in [0.717, 1.165) is 6.04 Å². The summed E-state index contributed by atoms with van der Waals surface area (Å²) in [4.78, 5) is 2.65. The number of hydrogen-bond acceptors (Lipinski definition) is 1. The second-order valence-corrected chi connectivity index (χ2v) is 3.73. The summed E-state index contributed by atoms with van der Waals surface area (Å²) < 4.78 is 0. The van der Waals surface area contributed by atoms with E-state index in [9.17, 15) is 0 Å². The Labute approximate surface area is 79.7 Å². The number of hydrogen-bond donors (Lipinski definition) is 0. The molecule has 0 amide bonds. The van der Waals surface area contributed by atoms with Crippen LogP contribution in [0.1, 0.15) is 32.6 Å². The number of nitrogens with zero attached hydrogens (tertiary/aromatic N) is 1. The van der Waals surface area contributed by atoms with E-state index in [1.54, 1.807) is 0 Å². The molecule has 2 heteroatoms. The molecule has 1 rings (SSSR count). The first-order valence-corrected chi connectivity index (χ1v) is 5.08. The normalized spacial score (nSPS) is 23.5. The Kier molecular flexibility index (Phi) is 4.60. The minimum atomic E-state index is 0.834. The van der Waals surface area contributed by atoms with Gasteiger partial charge in [0, 0.05) is 0 Å². The second-order valence-electron chi connectivity index (χ2n) is 3.73. The molecule has 1 aliphatic heterocycles. The standard InChI is InChI=1S/C9H18N.Li/c1-3-9(2)10-7-5-4-6-8-10;/h9H,1,3-8H2,2H3;. The fourth-order valence-electron chi connectivity index (χ4n) is 1.96. The topological polar surface area (TPSA) is 3.24 Å². The summed E-state index contributed by atoms with van der Waals surface area (Å²) in [5.74, 6) is 0. The van der Waals surface area contributed by atoms with E-state index < -0.39 is 0 Å².